The number of nitrogens with zero attached hydrogens (tertiary/aromatic N) is 1. The molecule has 2 fully saturated rings. The summed E-state index contributed by atoms with van der Waals surface area (Å²) in [5.41, 5.74) is 0. The third-order valence-corrected chi connectivity index (χ3v) is 9.66. The molecule has 2 rings (SSSR count). The summed E-state index contributed by atoms with van der Waals surface area (Å²) >= 11 is 1.52. The minimum absolute atomic E-state index is 0.147. The Bertz CT molecular complexity index is 415. The molecule has 2 aliphatic heterocycles. The van der Waals surface area contributed by atoms with Crippen LogP contribution in [0.25, 0.3) is 0 Å². The van der Waals surface area contributed by atoms with Crippen LogP contribution < -0.4 is 5.32 Å². The fraction of sp³-hybridized carbons (Fsp3) is 1.00. The van der Waals surface area contributed by atoms with Gasteiger partial charge in [0.2, 0.25) is 0 Å². The summed E-state index contributed by atoms with van der Waals surface area (Å²) in [7, 11) is 0. The van der Waals surface area contributed by atoms with Crippen LogP contribution in [0.4, 0.5) is 0 Å². The van der Waals surface area contributed by atoms with Gasteiger partial charge in [-0.1, -0.05) is 0 Å². The number of nitrogens with one attached hydrogen (secondary N) is 1. The quantitative estimate of drug-likeness (QED) is 0.516. The average molecular weight is 518 g/mol. The molecule has 0 aliphatic carbocycles. The van der Waals surface area contributed by atoms with E-state index in [1.807, 2.05) is 6.92 Å². The van der Waals surface area contributed by atoms with E-state index in [1.165, 1.54) is 18.8 Å². The first-order chi connectivity index (χ1) is 10.9. The summed E-state index contributed by atoms with van der Waals surface area (Å²) in [6.45, 7) is 14.3. The van der Waals surface area contributed by atoms with E-state index in [4.69, 9.17) is 18.7 Å². The first-order valence-electron chi connectivity index (χ1n) is 8.47. The molecule has 5 unspecified atom stereocenters. The molecule has 2 aliphatic rings. The van der Waals surface area contributed by atoms with Crippen molar-refractivity contribution in [2.24, 2.45) is 0 Å². The molecule has 0 bridgehead atoms. The second-order valence-corrected chi connectivity index (χ2v) is 16.2. The van der Waals surface area contributed by atoms with Crippen molar-refractivity contribution in [2.45, 2.75) is 45.2 Å². The third-order valence-electron chi connectivity index (χ3n) is 4.06. The Morgan fingerprint density at radius 3 is 2.57 bits per heavy atom. The van der Waals surface area contributed by atoms with Gasteiger partial charge in [0, 0.05) is 0 Å². The minimum atomic E-state index is -1.54. The van der Waals surface area contributed by atoms with E-state index in [0.717, 1.165) is 32.8 Å². The Morgan fingerprint density at radius 2 is 1.87 bits per heavy atom. The van der Waals surface area contributed by atoms with Gasteiger partial charge in [0.15, 0.2) is 0 Å². The second kappa shape index (κ2) is 9.54. The standard InChI is InChI=1S/C15H31N2O4P.W/c1-5-18-10-15-9-17(8-13(3)21-15)22(4)19-11-14-7-16-6-12(2)20-14;/h12-16H,5-11H2,1-4H3;. The Balaban J connectivity index is 1.85. The fourth-order valence-electron chi connectivity index (χ4n) is 2.93. The molecule has 0 spiro atoms. The van der Waals surface area contributed by atoms with E-state index in [0.29, 0.717) is 13.2 Å². The van der Waals surface area contributed by atoms with Crippen molar-refractivity contribution >= 4 is 5.27 Å². The van der Waals surface area contributed by atoms with Crippen LogP contribution in [-0.4, -0.2) is 81.8 Å². The predicted molar refractivity (Wildman–Crippen MR) is 88.4 cm³/mol. The number of morpholine rings is 2. The molecular weight excluding hydrogens is 487 g/mol. The zero-order valence-electron chi connectivity index (χ0n) is 14.7. The topological polar surface area (TPSA) is 52.2 Å². The molecule has 0 aromatic heterocycles. The van der Waals surface area contributed by atoms with Crippen LogP contribution >= 0.6 is 5.27 Å². The molecule has 2 saturated heterocycles. The van der Waals surface area contributed by atoms with Crippen LogP contribution in [0.3, 0.4) is 0 Å². The zero-order valence-corrected chi connectivity index (χ0v) is 18.5. The van der Waals surface area contributed by atoms with Gasteiger partial charge in [-0.3, -0.25) is 0 Å². The summed E-state index contributed by atoms with van der Waals surface area (Å²) in [4.78, 5) is 0. The van der Waals surface area contributed by atoms with Crippen molar-refractivity contribution < 1.29 is 37.5 Å². The van der Waals surface area contributed by atoms with Crippen molar-refractivity contribution in [1.29, 1.82) is 0 Å². The van der Waals surface area contributed by atoms with E-state index >= 15 is 0 Å². The van der Waals surface area contributed by atoms with Gasteiger partial charge in [0.05, 0.1) is 0 Å². The second-order valence-electron chi connectivity index (χ2n) is 6.43. The Kier molecular flexibility index (Phi) is 8.38. The Hall–Kier alpha value is 0.878. The van der Waals surface area contributed by atoms with Crippen LogP contribution in [0.1, 0.15) is 20.8 Å². The first-order valence-corrected chi connectivity index (χ1v) is 14.4. The van der Waals surface area contributed by atoms with Crippen LogP contribution in [-0.2, 0) is 37.5 Å². The van der Waals surface area contributed by atoms with E-state index in [-0.39, 0.29) is 24.4 Å². The summed E-state index contributed by atoms with van der Waals surface area (Å²) in [5, 5.41) is 1.86. The molecule has 0 aromatic rings. The molecule has 6 nitrogen and oxygen atoms in total. The predicted octanol–water partition coefficient (Wildman–Crippen LogP) is 1.44. The summed E-state index contributed by atoms with van der Waals surface area (Å²) in [5.74, 6) is 0. The fourth-order valence-corrected chi connectivity index (χ4v) is 6.64. The van der Waals surface area contributed by atoms with Gasteiger partial charge in [-0.05, 0) is 0 Å². The first kappa shape index (κ1) is 20.2. The maximum absolute atomic E-state index is 6.37. The molecular formula is C15H31N2O4PW. The van der Waals surface area contributed by atoms with Crippen LogP contribution in [0.15, 0.2) is 0 Å². The summed E-state index contributed by atoms with van der Waals surface area (Å²) < 4.78 is 26.4. The Morgan fingerprint density at radius 1 is 1.13 bits per heavy atom. The van der Waals surface area contributed by atoms with E-state index in [1.54, 1.807) is 0 Å². The van der Waals surface area contributed by atoms with Crippen molar-refractivity contribution in [1.82, 2.24) is 9.99 Å². The number of hydrogen-bond donors (Lipinski definition) is 1. The van der Waals surface area contributed by atoms with Gasteiger partial charge in [-0.2, -0.15) is 0 Å². The van der Waals surface area contributed by atoms with Gasteiger partial charge < -0.3 is 0 Å². The third kappa shape index (κ3) is 6.60. The molecule has 0 amide bonds. The van der Waals surface area contributed by atoms with Crippen molar-refractivity contribution in [3.63, 3.8) is 0 Å². The van der Waals surface area contributed by atoms with E-state index in [9.17, 15) is 0 Å². The van der Waals surface area contributed by atoms with E-state index in [2.05, 4.69) is 30.5 Å². The molecule has 0 radical (unpaired) electrons. The van der Waals surface area contributed by atoms with Crippen LogP contribution in [0.5, 0.6) is 0 Å². The van der Waals surface area contributed by atoms with Gasteiger partial charge in [-0.25, -0.2) is 0 Å². The van der Waals surface area contributed by atoms with Crippen LogP contribution in [0.2, 0.25) is 0 Å². The van der Waals surface area contributed by atoms with Crippen molar-refractivity contribution in [3.8, 4) is 0 Å². The van der Waals surface area contributed by atoms with Gasteiger partial charge in [0.1, 0.15) is 0 Å². The Labute approximate surface area is 150 Å². The van der Waals surface area contributed by atoms with Crippen LogP contribution in [0, 0.1) is 0 Å². The molecule has 5 atom stereocenters. The molecule has 8 heteroatoms. The molecule has 2 heterocycles. The molecule has 23 heavy (non-hydrogen) atoms. The van der Waals surface area contributed by atoms with E-state index < -0.39 is 5.27 Å². The number of hydrogen-bond acceptors (Lipinski definition) is 6. The van der Waals surface area contributed by atoms with Gasteiger partial charge in [0.25, 0.3) is 0 Å². The zero-order chi connectivity index (χ0) is 16.9. The maximum atomic E-state index is 6.37. The number of rotatable bonds is 7. The van der Waals surface area contributed by atoms with Gasteiger partial charge in [-0.15, -0.1) is 0 Å². The summed E-state index contributed by atoms with van der Waals surface area (Å²) in [6.07, 6.45) is 0.804. The SMILES string of the molecule is CCOCC1CN([P](C)(=[W])OCC2CNCC(C)O2)CC(C)O1. The van der Waals surface area contributed by atoms with Crippen molar-refractivity contribution in [2.75, 3.05) is 52.7 Å². The molecule has 0 saturated carbocycles. The number of ether oxygens (including phenoxy) is 3. The molecule has 136 valence electrons. The normalized spacial score (nSPS) is 35.8. The van der Waals surface area contributed by atoms with Gasteiger partial charge >= 0.3 is 151 Å². The molecule has 0 aromatic carbocycles. The van der Waals surface area contributed by atoms with Crippen molar-refractivity contribution in [3.05, 3.63) is 0 Å². The average Bonchev–Trinajstić information content (AvgIpc) is 2.51. The monoisotopic (exact) mass is 518 g/mol. The molecule has 1 N–H and O–H groups in total. The summed E-state index contributed by atoms with van der Waals surface area (Å²) in [6, 6.07) is 0.